The predicted octanol–water partition coefficient (Wildman–Crippen LogP) is 0.188. The third kappa shape index (κ3) is 2.10. The standard InChI is InChI=1S/C7H8BFO4/c1-4-2-3-5(10)7(6(4)9)13-8(11)12/h2-3,10-12H,1H3. The smallest absolute Gasteiger partial charge is 0.507 e. The molecule has 0 aliphatic heterocycles. The van der Waals surface area contributed by atoms with Crippen LogP contribution in [-0.2, 0) is 0 Å². The number of aryl methyl sites for hydroxylation is 1. The van der Waals surface area contributed by atoms with E-state index in [1.54, 1.807) is 0 Å². The monoisotopic (exact) mass is 186 g/mol. The second-order valence-corrected chi connectivity index (χ2v) is 2.49. The average Bonchev–Trinajstić information content (AvgIpc) is 2.05. The normalized spacial score (nSPS) is 9.85. The molecule has 1 rings (SSSR count). The Balaban J connectivity index is 3.10. The highest BCUT2D eigenvalue weighted by atomic mass is 19.1. The number of aromatic hydroxyl groups is 1. The molecule has 0 saturated heterocycles. The summed E-state index contributed by atoms with van der Waals surface area (Å²) in [5, 5.41) is 25.9. The molecule has 0 unspecified atom stereocenters. The number of halogens is 1. The number of hydrogen-bond acceptors (Lipinski definition) is 4. The summed E-state index contributed by atoms with van der Waals surface area (Å²) in [7, 11) is -2.15. The lowest BCUT2D eigenvalue weighted by molar-refractivity contribution is 0.273. The summed E-state index contributed by atoms with van der Waals surface area (Å²) in [4.78, 5) is 0. The molecule has 0 heterocycles. The van der Waals surface area contributed by atoms with Gasteiger partial charge in [-0.3, -0.25) is 0 Å². The predicted molar refractivity (Wildman–Crippen MR) is 43.6 cm³/mol. The van der Waals surface area contributed by atoms with Gasteiger partial charge in [-0.1, -0.05) is 6.07 Å². The summed E-state index contributed by atoms with van der Waals surface area (Å²) >= 11 is 0. The molecule has 0 radical (unpaired) electrons. The Bertz CT molecular complexity index is 316. The summed E-state index contributed by atoms with van der Waals surface area (Å²) in [6.45, 7) is 1.46. The molecule has 4 nitrogen and oxygen atoms in total. The minimum Gasteiger partial charge on any atom is -0.507 e. The maximum Gasteiger partial charge on any atom is 0.707 e. The van der Waals surface area contributed by atoms with Crippen LogP contribution in [-0.4, -0.2) is 22.5 Å². The van der Waals surface area contributed by atoms with Crippen LogP contribution >= 0.6 is 0 Å². The van der Waals surface area contributed by atoms with Crippen LogP contribution in [0.1, 0.15) is 5.56 Å². The van der Waals surface area contributed by atoms with Crippen LogP contribution in [0.3, 0.4) is 0 Å². The number of rotatable bonds is 2. The highest BCUT2D eigenvalue weighted by Gasteiger charge is 2.19. The molecule has 0 aliphatic carbocycles. The second kappa shape index (κ2) is 3.63. The quantitative estimate of drug-likeness (QED) is 0.576. The van der Waals surface area contributed by atoms with Gasteiger partial charge < -0.3 is 19.8 Å². The first kappa shape index (κ1) is 9.82. The molecule has 6 heteroatoms. The van der Waals surface area contributed by atoms with Gasteiger partial charge in [-0.05, 0) is 18.6 Å². The van der Waals surface area contributed by atoms with Crippen LogP contribution in [0.15, 0.2) is 12.1 Å². The molecule has 3 N–H and O–H groups in total. The van der Waals surface area contributed by atoms with Crippen molar-refractivity contribution >= 4 is 7.32 Å². The Morgan fingerprint density at radius 2 is 2.00 bits per heavy atom. The topological polar surface area (TPSA) is 69.9 Å². The van der Waals surface area contributed by atoms with E-state index >= 15 is 0 Å². The first-order valence-corrected chi connectivity index (χ1v) is 3.53. The lowest BCUT2D eigenvalue weighted by Crippen LogP contribution is -2.21. The summed E-state index contributed by atoms with van der Waals surface area (Å²) < 4.78 is 17.4. The molecule has 0 spiro atoms. The van der Waals surface area contributed by atoms with E-state index in [4.69, 9.17) is 15.2 Å². The highest BCUT2D eigenvalue weighted by Crippen LogP contribution is 2.30. The highest BCUT2D eigenvalue weighted by molar-refractivity contribution is 6.33. The number of hydrogen-bond donors (Lipinski definition) is 3. The molecule has 13 heavy (non-hydrogen) atoms. The zero-order valence-corrected chi connectivity index (χ0v) is 6.86. The van der Waals surface area contributed by atoms with E-state index in [9.17, 15) is 4.39 Å². The van der Waals surface area contributed by atoms with Crippen LogP contribution in [0.4, 0.5) is 4.39 Å². The van der Waals surface area contributed by atoms with Gasteiger partial charge in [-0.15, -0.1) is 0 Å². The molecule has 0 atom stereocenters. The molecule has 70 valence electrons. The molecule has 1 aromatic carbocycles. The van der Waals surface area contributed by atoms with Gasteiger partial charge in [0.2, 0.25) is 0 Å². The van der Waals surface area contributed by atoms with E-state index in [0.29, 0.717) is 0 Å². The molecule has 0 aliphatic rings. The third-order valence-electron chi connectivity index (χ3n) is 1.49. The van der Waals surface area contributed by atoms with Gasteiger partial charge in [0, 0.05) is 0 Å². The summed E-state index contributed by atoms with van der Waals surface area (Å²) in [6, 6.07) is 2.55. The lowest BCUT2D eigenvalue weighted by Gasteiger charge is -2.09. The third-order valence-corrected chi connectivity index (χ3v) is 1.49. The number of benzene rings is 1. The van der Waals surface area contributed by atoms with Crippen LogP contribution in [0, 0.1) is 12.7 Å². The molecule has 0 aromatic heterocycles. The average molecular weight is 186 g/mol. The van der Waals surface area contributed by atoms with Gasteiger partial charge in [-0.2, -0.15) is 0 Å². The maximum absolute atomic E-state index is 13.1. The Labute approximate surface area is 74.4 Å². The van der Waals surface area contributed by atoms with Crippen molar-refractivity contribution in [2.45, 2.75) is 6.92 Å². The summed E-state index contributed by atoms with van der Waals surface area (Å²) in [6.07, 6.45) is 0. The fourth-order valence-electron chi connectivity index (χ4n) is 0.862. The first-order chi connectivity index (χ1) is 6.02. The van der Waals surface area contributed by atoms with E-state index in [1.165, 1.54) is 19.1 Å². The van der Waals surface area contributed by atoms with Crippen molar-refractivity contribution in [3.63, 3.8) is 0 Å². The van der Waals surface area contributed by atoms with Crippen molar-refractivity contribution in [1.82, 2.24) is 0 Å². The number of phenols is 1. The van der Waals surface area contributed by atoms with E-state index in [1.807, 2.05) is 0 Å². The van der Waals surface area contributed by atoms with Gasteiger partial charge >= 0.3 is 7.32 Å². The molecule has 0 fully saturated rings. The Morgan fingerprint density at radius 1 is 1.38 bits per heavy atom. The van der Waals surface area contributed by atoms with Crippen LogP contribution in [0.2, 0.25) is 0 Å². The second-order valence-electron chi connectivity index (χ2n) is 2.49. The van der Waals surface area contributed by atoms with Crippen molar-refractivity contribution in [3.05, 3.63) is 23.5 Å². The fourth-order valence-corrected chi connectivity index (χ4v) is 0.862. The summed E-state index contributed by atoms with van der Waals surface area (Å²) in [5.41, 5.74) is 0.244. The summed E-state index contributed by atoms with van der Waals surface area (Å²) in [5.74, 6) is -1.85. The van der Waals surface area contributed by atoms with Crippen molar-refractivity contribution in [2.24, 2.45) is 0 Å². The minimum atomic E-state index is -2.15. The van der Waals surface area contributed by atoms with Crippen molar-refractivity contribution in [2.75, 3.05) is 0 Å². The molecular formula is C7H8BFO4. The fraction of sp³-hybridized carbons (Fsp3) is 0.143. The molecule has 0 amide bonds. The maximum atomic E-state index is 13.1. The van der Waals surface area contributed by atoms with Crippen LogP contribution < -0.4 is 4.65 Å². The molecular weight excluding hydrogens is 178 g/mol. The SMILES string of the molecule is Cc1ccc(O)c(OB(O)O)c1F. The van der Waals surface area contributed by atoms with Gasteiger partial charge in [0.25, 0.3) is 0 Å². The Kier molecular flexibility index (Phi) is 2.74. The van der Waals surface area contributed by atoms with Crippen LogP contribution in [0.5, 0.6) is 11.5 Å². The first-order valence-electron chi connectivity index (χ1n) is 3.53. The largest absolute Gasteiger partial charge is 0.707 e. The zero-order chi connectivity index (χ0) is 10.0. The van der Waals surface area contributed by atoms with Crippen molar-refractivity contribution in [3.8, 4) is 11.5 Å². The van der Waals surface area contributed by atoms with Crippen molar-refractivity contribution < 1.29 is 24.2 Å². The van der Waals surface area contributed by atoms with Crippen LogP contribution in [0.25, 0.3) is 0 Å². The van der Waals surface area contributed by atoms with E-state index < -0.39 is 24.6 Å². The Hall–Kier alpha value is -1.27. The molecule has 0 saturated carbocycles. The van der Waals surface area contributed by atoms with E-state index in [0.717, 1.165) is 0 Å². The zero-order valence-electron chi connectivity index (χ0n) is 6.86. The Morgan fingerprint density at radius 3 is 2.54 bits per heavy atom. The van der Waals surface area contributed by atoms with E-state index in [2.05, 4.69) is 4.65 Å². The number of phenolic OH excluding ortho intramolecular Hbond substituents is 1. The van der Waals surface area contributed by atoms with Gasteiger partial charge in [-0.25, -0.2) is 4.39 Å². The molecule has 1 aromatic rings. The lowest BCUT2D eigenvalue weighted by atomic mass is 10.2. The van der Waals surface area contributed by atoms with Gasteiger partial charge in [0.1, 0.15) is 0 Å². The van der Waals surface area contributed by atoms with Crippen molar-refractivity contribution in [1.29, 1.82) is 0 Å². The minimum absolute atomic E-state index is 0.244. The van der Waals surface area contributed by atoms with Gasteiger partial charge in [0.05, 0.1) is 0 Å². The molecule has 0 bridgehead atoms. The van der Waals surface area contributed by atoms with E-state index in [-0.39, 0.29) is 5.56 Å². The van der Waals surface area contributed by atoms with Gasteiger partial charge in [0.15, 0.2) is 17.3 Å².